The Kier molecular flexibility index (Phi) is 5.05. The molecular weight excluding hydrogens is 322 g/mol. The molecule has 0 spiro atoms. The van der Waals surface area contributed by atoms with E-state index >= 15 is 0 Å². The summed E-state index contributed by atoms with van der Waals surface area (Å²) >= 11 is 3.41. The lowest BCUT2D eigenvalue weighted by atomic mass is 9.95. The molecule has 1 saturated heterocycles. The molecule has 2 atom stereocenters. The van der Waals surface area contributed by atoms with Crippen molar-refractivity contribution in [2.45, 2.75) is 25.9 Å². The van der Waals surface area contributed by atoms with Crippen LogP contribution in [0.25, 0.3) is 0 Å². The Morgan fingerprint density at radius 2 is 2.30 bits per heavy atom. The van der Waals surface area contributed by atoms with Gasteiger partial charge in [-0.05, 0) is 30.5 Å². The van der Waals surface area contributed by atoms with Gasteiger partial charge in [0.25, 0.3) is 0 Å². The number of benzene rings is 1. The topological polar surface area (TPSA) is 49.8 Å². The molecule has 2 rings (SSSR count). The molecule has 20 heavy (non-hydrogen) atoms. The van der Waals surface area contributed by atoms with Crippen LogP contribution in [0.4, 0.5) is 0 Å². The average Bonchev–Trinajstić information content (AvgIpc) is 2.42. The molecule has 4 nitrogen and oxygen atoms in total. The molecule has 1 amide bonds. The van der Waals surface area contributed by atoms with Crippen LogP contribution in [-0.4, -0.2) is 42.2 Å². The maximum Gasteiger partial charge on any atom is 0.227 e. The summed E-state index contributed by atoms with van der Waals surface area (Å²) in [6.07, 6.45) is 0.726. The van der Waals surface area contributed by atoms with E-state index in [1.54, 1.807) is 12.0 Å². The monoisotopic (exact) mass is 341 g/mol. The molecule has 1 aromatic rings. The second-order valence-corrected chi connectivity index (χ2v) is 6.22. The number of aliphatic hydroxyl groups excluding tert-OH is 1. The van der Waals surface area contributed by atoms with E-state index in [1.807, 2.05) is 25.1 Å². The van der Waals surface area contributed by atoms with Gasteiger partial charge in [-0.2, -0.15) is 0 Å². The first kappa shape index (κ1) is 15.3. The first-order chi connectivity index (χ1) is 9.51. The van der Waals surface area contributed by atoms with Gasteiger partial charge in [-0.1, -0.05) is 22.9 Å². The van der Waals surface area contributed by atoms with Gasteiger partial charge in [0.1, 0.15) is 5.75 Å². The Balaban J connectivity index is 2.06. The number of carbonyl (C=O) groups excluding carboxylic acids is 1. The van der Waals surface area contributed by atoms with E-state index in [1.165, 1.54) is 0 Å². The Hall–Kier alpha value is -1.07. The molecule has 1 aromatic carbocycles. The predicted octanol–water partition coefficient (Wildman–Crippen LogP) is 2.23. The molecule has 0 aliphatic carbocycles. The molecule has 110 valence electrons. The summed E-state index contributed by atoms with van der Waals surface area (Å²) in [5.74, 6) is 1.01. The average molecular weight is 342 g/mol. The number of piperidine rings is 1. The van der Waals surface area contributed by atoms with Crippen molar-refractivity contribution in [2.75, 3.05) is 20.2 Å². The van der Waals surface area contributed by atoms with E-state index in [-0.39, 0.29) is 11.8 Å². The molecular formula is C15H20BrNO3. The van der Waals surface area contributed by atoms with Gasteiger partial charge in [-0.25, -0.2) is 0 Å². The number of hydrogen-bond acceptors (Lipinski definition) is 3. The Morgan fingerprint density at radius 3 is 2.95 bits per heavy atom. The van der Waals surface area contributed by atoms with Crippen molar-refractivity contribution >= 4 is 21.8 Å². The molecule has 1 aliphatic heterocycles. The number of hydrogen-bond donors (Lipinski definition) is 1. The molecule has 0 radical (unpaired) electrons. The summed E-state index contributed by atoms with van der Waals surface area (Å²) in [6, 6.07) is 5.64. The van der Waals surface area contributed by atoms with Gasteiger partial charge in [0.05, 0.1) is 19.6 Å². The minimum absolute atomic E-state index is 0.0346. The summed E-state index contributed by atoms with van der Waals surface area (Å²) < 4.78 is 6.21. The zero-order valence-electron chi connectivity index (χ0n) is 11.8. The third-order valence-electron chi connectivity index (χ3n) is 3.86. The fourth-order valence-electron chi connectivity index (χ4n) is 2.44. The number of aliphatic hydroxyl groups is 1. The second-order valence-electron chi connectivity index (χ2n) is 5.31. The van der Waals surface area contributed by atoms with E-state index < -0.39 is 6.10 Å². The highest BCUT2D eigenvalue weighted by Crippen LogP contribution is 2.25. The molecule has 0 bridgehead atoms. The van der Waals surface area contributed by atoms with E-state index in [2.05, 4.69) is 15.9 Å². The van der Waals surface area contributed by atoms with Gasteiger partial charge >= 0.3 is 0 Å². The van der Waals surface area contributed by atoms with Crippen molar-refractivity contribution in [3.63, 3.8) is 0 Å². The predicted molar refractivity (Wildman–Crippen MR) is 80.8 cm³/mol. The van der Waals surface area contributed by atoms with Crippen LogP contribution >= 0.6 is 15.9 Å². The largest absolute Gasteiger partial charge is 0.496 e. The minimum atomic E-state index is -0.419. The zero-order valence-corrected chi connectivity index (χ0v) is 13.4. The van der Waals surface area contributed by atoms with Crippen molar-refractivity contribution in [1.29, 1.82) is 0 Å². The van der Waals surface area contributed by atoms with Crippen molar-refractivity contribution in [1.82, 2.24) is 4.90 Å². The fraction of sp³-hybridized carbons (Fsp3) is 0.533. The fourth-order valence-corrected chi connectivity index (χ4v) is 2.84. The third-order valence-corrected chi connectivity index (χ3v) is 4.35. The van der Waals surface area contributed by atoms with Crippen molar-refractivity contribution < 1.29 is 14.6 Å². The van der Waals surface area contributed by atoms with Crippen LogP contribution in [0.15, 0.2) is 22.7 Å². The van der Waals surface area contributed by atoms with Gasteiger partial charge < -0.3 is 14.7 Å². The third kappa shape index (κ3) is 3.52. The highest BCUT2D eigenvalue weighted by atomic mass is 79.9. The van der Waals surface area contributed by atoms with Crippen molar-refractivity contribution in [2.24, 2.45) is 5.92 Å². The van der Waals surface area contributed by atoms with Crippen LogP contribution in [0, 0.1) is 5.92 Å². The molecule has 1 aliphatic rings. The van der Waals surface area contributed by atoms with Crippen LogP contribution in [0.5, 0.6) is 5.75 Å². The molecule has 5 heteroatoms. The van der Waals surface area contributed by atoms with E-state index in [0.29, 0.717) is 25.3 Å². The van der Waals surface area contributed by atoms with Crippen LogP contribution < -0.4 is 4.74 Å². The van der Waals surface area contributed by atoms with Crippen LogP contribution in [0.1, 0.15) is 18.9 Å². The standard InChI is InChI=1S/C15H20BrNO3/c1-10-5-6-17(9-13(10)18)15(19)8-11-7-12(16)3-4-14(11)20-2/h3-4,7,10,13,18H,5-6,8-9H2,1-2H3. The summed E-state index contributed by atoms with van der Waals surface area (Å²) in [4.78, 5) is 14.1. The van der Waals surface area contributed by atoms with E-state index in [0.717, 1.165) is 16.5 Å². The highest BCUT2D eigenvalue weighted by molar-refractivity contribution is 9.10. The summed E-state index contributed by atoms with van der Waals surface area (Å²) in [5.41, 5.74) is 0.861. The summed E-state index contributed by atoms with van der Waals surface area (Å²) in [6.45, 7) is 3.16. The smallest absolute Gasteiger partial charge is 0.227 e. The molecule has 0 saturated carbocycles. The van der Waals surface area contributed by atoms with Crippen LogP contribution in [-0.2, 0) is 11.2 Å². The lowest BCUT2D eigenvalue weighted by Gasteiger charge is -2.34. The number of likely N-dealkylation sites (tertiary alicyclic amines) is 1. The quantitative estimate of drug-likeness (QED) is 0.917. The number of halogens is 1. The normalized spacial score (nSPS) is 22.7. The Bertz CT molecular complexity index is 492. The Labute approximate surface area is 127 Å². The molecule has 0 aromatic heterocycles. The zero-order chi connectivity index (χ0) is 14.7. The van der Waals surface area contributed by atoms with Gasteiger partial charge in [-0.15, -0.1) is 0 Å². The van der Waals surface area contributed by atoms with Crippen molar-refractivity contribution in [3.05, 3.63) is 28.2 Å². The number of amides is 1. The van der Waals surface area contributed by atoms with Gasteiger partial charge in [0, 0.05) is 23.1 Å². The maximum absolute atomic E-state index is 12.3. The number of rotatable bonds is 3. The van der Waals surface area contributed by atoms with Gasteiger partial charge in [0.2, 0.25) is 5.91 Å². The van der Waals surface area contributed by atoms with Gasteiger partial charge in [-0.3, -0.25) is 4.79 Å². The highest BCUT2D eigenvalue weighted by Gasteiger charge is 2.27. The molecule has 1 heterocycles. The number of β-amino-alcohol motifs (C(OH)–C–C–N with tert-alkyl or cyclic N) is 1. The maximum atomic E-state index is 12.3. The van der Waals surface area contributed by atoms with E-state index in [9.17, 15) is 9.90 Å². The minimum Gasteiger partial charge on any atom is -0.496 e. The lowest BCUT2D eigenvalue weighted by molar-refractivity contribution is -0.134. The van der Waals surface area contributed by atoms with Gasteiger partial charge in [0.15, 0.2) is 0 Å². The SMILES string of the molecule is COc1ccc(Br)cc1CC(=O)N1CCC(C)C(O)C1. The first-order valence-electron chi connectivity index (χ1n) is 6.79. The van der Waals surface area contributed by atoms with Crippen LogP contribution in [0.2, 0.25) is 0 Å². The van der Waals surface area contributed by atoms with Crippen molar-refractivity contribution in [3.8, 4) is 5.75 Å². The van der Waals surface area contributed by atoms with Crippen LogP contribution in [0.3, 0.4) is 0 Å². The summed E-state index contributed by atoms with van der Waals surface area (Å²) in [5, 5.41) is 9.88. The lowest BCUT2D eigenvalue weighted by Crippen LogP contribution is -2.46. The first-order valence-corrected chi connectivity index (χ1v) is 7.59. The number of ether oxygens (including phenoxy) is 1. The molecule has 1 fully saturated rings. The number of nitrogens with zero attached hydrogens (tertiary/aromatic N) is 1. The molecule has 2 unspecified atom stereocenters. The van der Waals surface area contributed by atoms with E-state index in [4.69, 9.17) is 4.74 Å². The Morgan fingerprint density at radius 1 is 1.55 bits per heavy atom. The number of carbonyl (C=O) groups is 1. The summed E-state index contributed by atoms with van der Waals surface area (Å²) in [7, 11) is 1.60. The molecule has 1 N–H and O–H groups in total. The number of methoxy groups -OCH3 is 1. The second kappa shape index (κ2) is 6.59.